The quantitative estimate of drug-likeness (QED) is 0.701. The molecule has 30 heavy (non-hydrogen) atoms. The number of hydrogen-bond acceptors (Lipinski definition) is 7. The molecule has 0 aliphatic carbocycles. The number of anilines is 1. The van der Waals surface area contributed by atoms with E-state index in [1.54, 1.807) is 11.8 Å². The number of fused-ring (bicyclic) bond motifs is 1. The summed E-state index contributed by atoms with van der Waals surface area (Å²) in [5.41, 5.74) is 1.35. The first kappa shape index (κ1) is 22.0. The van der Waals surface area contributed by atoms with Gasteiger partial charge in [-0.05, 0) is 36.2 Å². The number of methoxy groups -OCH3 is 1. The van der Waals surface area contributed by atoms with Crippen LogP contribution in [0.1, 0.15) is 45.0 Å². The Bertz CT molecular complexity index is 1100. The van der Waals surface area contributed by atoms with Gasteiger partial charge in [-0.25, -0.2) is 13.2 Å². The van der Waals surface area contributed by atoms with Gasteiger partial charge in [0.05, 0.1) is 29.9 Å². The molecule has 0 atom stereocenters. The van der Waals surface area contributed by atoms with Gasteiger partial charge in [0.1, 0.15) is 5.00 Å². The van der Waals surface area contributed by atoms with Crippen LogP contribution >= 0.6 is 11.3 Å². The number of esters is 1. The van der Waals surface area contributed by atoms with Crippen molar-refractivity contribution in [3.8, 4) is 0 Å². The van der Waals surface area contributed by atoms with E-state index in [9.17, 15) is 22.8 Å². The molecule has 0 saturated heterocycles. The molecule has 3 rings (SSSR count). The van der Waals surface area contributed by atoms with Gasteiger partial charge in [0.25, 0.3) is 5.91 Å². The molecule has 1 aromatic heterocycles. The van der Waals surface area contributed by atoms with E-state index >= 15 is 0 Å². The lowest BCUT2D eigenvalue weighted by atomic mass is 10.0. The minimum Gasteiger partial charge on any atom is -0.465 e. The van der Waals surface area contributed by atoms with Gasteiger partial charge in [-0.1, -0.05) is 6.92 Å². The fraction of sp³-hybridized carbons (Fsp3) is 0.350. The molecule has 2 heterocycles. The van der Waals surface area contributed by atoms with E-state index < -0.39 is 21.7 Å². The van der Waals surface area contributed by atoms with Gasteiger partial charge in [0.2, 0.25) is 5.91 Å². The van der Waals surface area contributed by atoms with E-state index in [-0.39, 0.29) is 22.1 Å². The molecule has 0 saturated carbocycles. The second-order valence-corrected chi connectivity index (χ2v) is 10.2. The molecule has 0 unspecified atom stereocenters. The first-order valence-electron chi connectivity index (χ1n) is 9.30. The molecule has 0 bridgehead atoms. The third kappa shape index (κ3) is 4.24. The number of thiophene rings is 1. The Morgan fingerprint density at radius 1 is 1.20 bits per heavy atom. The number of amides is 2. The molecular formula is C20H22N2O6S2. The van der Waals surface area contributed by atoms with Crippen LogP contribution in [0.2, 0.25) is 0 Å². The Labute approximate surface area is 178 Å². The smallest absolute Gasteiger partial charge is 0.341 e. The minimum absolute atomic E-state index is 0.0287. The molecule has 1 N–H and O–H groups in total. The Morgan fingerprint density at radius 3 is 2.43 bits per heavy atom. The lowest BCUT2D eigenvalue weighted by Crippen LogP contribution is -2.33. The number of benzene rings is 1. The highest BCUT2D eigenvalue weighted by atomic mass is 32.2. The summed E-state index contributed by atoms with van der Waals surface area (Å²) < 4.78 is 28.8. The maximum absolute atomic E-state index is 12.7. The summed E-state index contributed by atoms with van der Waals surface area (Å²) in [6.45, 7) is 3.91. The molecule has 10 heteroatoms. The summed E-state index contributed by atoms with van der Waals surface area (Å²) in [5, 5.41) is 3.10. The van der Waals surface area contributed by atoms with E-state index in [0.717, 1.165) is 10.4 Å². The first-order chi connectivity index (χ1) is 14.2. The third-order valence-corrected chi connectivity index (χ3v) is 7.86. The van der Waals surface area contributed by atoms with E-state index in [0.29, 0.717) is 30.1 Å². The SMILES string of the molecule is CCS(=O)(=O)c1ccc(C(=O)Nc2sc3c(c2C(=O)OC)CCN(C(C)=O)C3)cc1. The summed E-state index contributed by atoms with van der Waals surface area (Å²) >= 11 is 1.24. The van der Waals surface area contributed by atoms with Crippen LogP contribution in [-0.4, -0.2) is 50.5 Å². The van der Waals surface area contributed by atoms with Gasteiger partial charge < -0.3 is 15.0 Å². The average Bonchev–Trinajstić information content (AvgIpc) is 3.10. The van der Waals surface area contributed by atoms with Crippen molar-refractivity contribution in [2.24, 2.45) is 0 Å². The molecule has 1 aliphatic heterocycles. The molecule has 1 aromatic carbocycles. The standard InChI is InChI=1S/C20H22N2O6S2/c1-4-30(26,27)14-7-5-13(6-8-14)18(24)21-19-17(20(25)28-3)15-9-10-22(12(2)23)11-16(15)29-19/h5-8H,4,9-11H2,1-3H3,(H,21,24). The van der Waals surface area contributed by atoms with Crippen LogP contribution in [0.4, 0.5) is 5.00 Å². The molecule has 0 fully saturated rings. The number of ether oxygens (including phenoxy) is 1. The van der Waals surface area contributed by atoms with E-state index in [2.05, 4.69) is 5.32 Å². The lowest BCUT2D eigenvalue weighted by molar-refractivity contribution is -0.129. The molecule has 0 spiro atoms. The number of carbonyl (C=O) groups is 3. The highest BCUT2D eigenvalue weighted by Crippen LogP contribution is 2.38. The van der Waals surface area contributed by atoms with Crippen LogP contribution in [0.5, 0.6) is 0 Å². The maximum atomic E-state index is 12.7. The Balaban J connectivity index is 1.90. The van der Waals surface area contributed by atoms with Crippen LogP contribution in [0.25, 0.3) is 0 Å². The highest BCUT2D eigenvalue weighted by molar-refractivity contribution is 7.91. The maximum Gasteiger partial charge on any atom is 0.341 e. The summed E-state index contributed by atoms with van der Waals surface area (Å²) in [7, 11) is -2.08. The van der Waals surface area contributed by atoms with Gasteiger partial charge in [0, 0.05) is 23.9 Å². The molecule has 2 amide bonds. The predicted octanol–water partition coefficient (Wildman–Crippen LogP) is 2.49. The van der Waals surface area contributed by atoms with Crippen LogP contribution in [0.3, 0.4) is 0 Å². The lowest BCUT2D eigenvalue weighted by Gasteiger charge is -2.25. The van der Waals surface area contributed by atoms with Crippen molar-refractivity contribution in [3.63, 3.8) is 0 Å². The largest absolute Gasteiger partial charge is 0.465 e. The highest BCUT2D eigenvalue weighted by Gasteiger charge is 2.30. The topological polar surface area (TPSA) is 110 Å². The van der Waals surface area contributed by atoms with Crippen molar-refractivity contribution < 1.29 is 27.5 Å². The third-order valence-electron chi connectivity index (χ3n) is 4.97. The van der Waals surface area contributed by atoms with Crippen molar-refractivity contribution in [2.45, 2.75) is 31.7 Å². The van der Waals surface area contributed by atoms with Gasteiger partial charge in [-0.15, -0.1) is 11.3 Å². The molecule has 0 radical (unpaired) electrons. The van der Waals surface area contributed by atoms with E-state index in [4.69, 9.17) is 4.74 Å². The zero-order chi connectivity index (χ0) is 22.1. The Kier molecular flexibility index (Phi) is 6.27. The Morgan fingerprint density at radius 2 is 1.87 bits per heavy atom. The zero-order valence-corrected chi connectivity index (χ0v) is 18.5. The van der Waals surface area contributed by atoms with Gasteiger partial charge in [-0.2, -0.15) is 0 Å². The monoisotopic (exact) mass is 450 g/mol. The van der Waals surface area contributed by atoms with Crippen LogP contribution in [0, 0.1) is 0 Å². The van der Waals surface area contributed by atoms with Gasteiger partial charge in [0.15, 0.2) is 9.84 Å². The average molecular weight is 451 g/mol. The molecule has 2 aromatic rings. The van der Waals surface area contributed by atoms with Crippen LogP contribution < -0.4 is 5.32 Å². The normalized spacial score (nSPS) is 13.5. The van der Waals surface area contributed by atoms with Crippen molar-refractivity contribution >= 4 is 44.0 Å². The minimum atomic E-state index is -3.36. The fourth-order valence-corrected chi connectivity index (χ4v) is 5.36. The molecule has 8 nitrogen and oxygen atoms in total. The summed E-state index contributed by atoms with van der Waals surface area (Å²) in [6, 6.07) is 5.64. The van der Waals surface area contributed by atoms with Crippen LogP contribution in [0.15, 0.2) is 29.2 Å². The van der Waals surface area contributed by atoms with E-state index in [1.807, 2.05) is 0 Å². The molecule has 1 aliphatic rings. The van der Waals surface area contributed by atoms with E-state index in [1.165, 1.54) is 49.6 Å². The van der Waals surface area contributed by atoms with Crippen molar-refractivity contribution in [2.75, 3.05) is 24.7 Å². The number of carbonyl (C=O) groups excluding carboxylic acids is 3. The van der Waals surface area contributed by atoms with Crippen LogP contribution in [-0.2, 0) is 32.3 Å². The first-order valence-corrected chi connectivity index (χ1v) is 11.8. The van der Waals surface area contributed by atoms with Crippen molar-refractivity contribution in [1.82, 2.24) is 4.90 Å². The van der Waals surface area contributed by atoms with Crippen molar-refractivity contribution in [3.05, 3.63) is 45.8 Å². The fourth-order valence-electron chi connectivity index (χ4n) is 3.23. The number of sulfone groups is 1. The van der Waals surface area contributed by atoms with Gasteiger partial charge in [-0.3, -0.25) is 9.59 Å². The van der Waals surface area contributed by atoms with Crippen molar-refractivity contribution in [1.29, 1.82) is 0 Å². The summed E-state index contributed by atoms with van der Waals surface area (Å²) in [6.07, 6.45) is 0.495. The number of rotatable bonds is 5. The second-order valence-electron chi connectivity index (χ2n) is 6.77. The summed E-state index contributed by atoms with van der Waals surface area (Å²) in [4.78, 5) is 39.5. The number of nitrogens with zero attached hydrogens (tertiary/aromatic N) is 1. The molecule has 160 valence electrons. The predicted molar refractivity (Wildman–Crippen MR) is 113 cm³/mol. The number of hydrogen-bond donors (Lipinski definition) is 1. The van der Waals surface area contributed by atoms with Gasteiger partial charge >= 0.3 is 5.97 Å². The Hall–Kier alpha value is -2.72. The number of nitrogens with one attached hydrogen (secondary N) is 1. The summed E-state index contributed by atoms with van der Waals surface area (Å²) in [5.74, 6) is -1.11. The molecular weight excluding hydrogens is 428 g/mol. The second kappa shape index (κ2) is 8.57. The zero-order valence-electron chi connectivity index (χ0n) is 16.9.